The van der Waals surface area contributed by atoms with E-state index in [1.807, 2.05) is 6.07 Å². The van der Waals surface area contributed by atoms with Crippen molar-refractivity contribution in [1.29, 1.82) is 0 Å². The molecule has 2 aromatic rings. The van der Waals surface area contributed by atoms with Crippen LogP contribution >= 0.6 is 0 Å². The van der Waals surface area contributed by atoms with Crippen molar-refractivity contribution in [2.75, 3.05) is 0 Å². The molecule has 0 N–H and O–H groups in total. The van der Waals surface area contributed by atoms with Gasteiger partial charge in [0.1, 0.15) is 11.4 Å². The SMILES string of the molecule is Cn1ncc(F)c1C(=O)c1ccccc1O[Si](C)(C)C(C)(C)C. The van der Waals surface area contributed by atoms with Crippen molar-refractivity contribution in [3.63, 3.8) is 0 Å². The molecule has 2 rings (SSSR count). The van der Waals surface area contributed by atoms with Gasteiger partial charge in [-0.3, -0.25) is 9.48 Å². The third-order valence-corrected chi connectivity index (χ3v) is 8.75. The number of halogens is 1. The molecule has 6 heteroatoms. The minimum Gasteiger partial charge on any atom is -0.543 e. The number of carbonyl (C=O) groups excluding carboxylic acids is 1. The van der Waals surface area contributed by atoms with Crippen molar-refractivity contribution in [1.82, 2.24) is 9.78 Å². The van der Waals surface area contributed by atoms with Crippen LogP contribution in [0.5, 0.6) is 5.75 Å². The molecule has 1 heterocycles. The molecule has 1 aromatic heterocycles. The summed E-state index contributed by atoms with van der Waals surface area (Å²) < 4.78 is 21.4. The Kier molecular flexibility index (Phi) is 4.48. The molecule has 0 saturated carbocycles. The zero-order chi connectivity index (χ0) is 17.4. The minimum atomic E-state index is -2.10. The van der Waals surface area contributed by atoms with Gasteiger partial charge in [0.15, 0.2) is 5.82 Å². The standard InChI is InChI=1S/C17H23FN2O2Si/c1-17(2,3)23(5,6)22-14-10-8-7-9-12(14)16(21)15-13(18)11-19-20(15)4/h7-11H,1-6H3. The molecule has 0 amide bonds. The van der Waals surface area contributed by atoms with Crippen molar-refractivity contribution in [2.45, 2.75) is 38.9 Å². The predicted molar refractivity (Wildman–Crippen MR) is 90.9 cm³/mol. The van der Waals surface area contributed by atoms with E-state index in [9.17, 15) is 9.18 Å². The number of hydrogen-bond acceptors (Lipinski definition) is 3. The lowest BCUT2D eigenvalue weighted by Gasteiger charge is -2.36. The normalized spacial score (nSPS) is 12.3. The first-order valence-corrected chi connectivity index (χ1v) is 10.5. The number of rotatable bonds is 4. The first kappa shape index (κ1) is 17.4. The fourth-order valence-corrected chi connectivity index (χ4v) is 3.00. The zero-order valence-corrected chi connectivity index (χ0v) is 15.5. The number of aromatic nitrogens is 2. The Morgan fingerprint density at radius 2 is 1.87 bits per heavy atom. The monoisotopic (exact) mass is 334 g/mol. The third-order valence-electron chi connectivity index (χ3n) is 4.41. The second-order valence-electron chi connectivity index (χ2n) is 7.15. The number of hydrogen-bond donors (Lipinski definition) is 0. The maximum atomic E-state index is 13.9. The van der Waals surface area contributed by atoms with Crippen LogP contribution < -0.4 is 4.43 Å². The maximum Gasteiger partial charge on any atom is 0.250 e. The number of aryl methyl sites for hydroxylation is 1. The molecule has 0 saturated heterocycles. The molecule has 0 unspecified atom stereocenters. The summed E-state index contributed by atoms with van der Waals surface area (Å²) in [6.45, 7) is 10.6. The molecule has 0 atom stereocenters. The lowest BCUT2D eigenvalue weighted by molar-refractivity contribution is 0.102. The van der Waals surface area contributed by atoms with E-state index in [1.165, 1.54) is 4.68 Å². The summed E-state index contributed by atoms with van der Waals surface area (Å²) in [5.41, 5.74) is 0.302. The molecule has 0 radical (unpaired) electrons. The van der Waals surface area contributed by atoms with E-state index in [2.05, 4.69) is 39.0 Å². The quantitative estimate of drug-likeness (QED) is 0.622. The van der Waals surface area contributed by atoms with E-state index in [-0.39, 0.29) is 10.7 Å². The Balaban J connectivity index is 2.45. The summed E-state index contributed by atoms with van der Waals surface area (Å²) in [4.78, 5) is 12.7. The van der Waals surface area contributed by atoms with Crippen LogP contribution in [0.1, 0.15) is 36.8 Å². The van der Waals surface area contributed by atoms with Crippen LogP contribution in [-0.4, -0.2) is 23.9 Å². The Labute approximate surface area is 137 Å². The largest absolute Gasteiger partial charge is 0.543 e. The van der Waals surface area contributed by atoms with E-state index in [0.29, 0.717) is 11.3 Å². The van der Waals surface area contributed by atoms with Crippen LogP contribution in [0.4, 0.5) is 4.39 Å². The van der Waals surface area contributed by atoms with Gasteiger partial charge in [0.2, 0.25) is 5.78 Å². The van der Waals surface area contributed by atoms with E-state index >= 15 is 0 Å². The van der Waals surface area contributed by atoms with E-state index in [4.69, 9.17) is 4.43 Å². The van der Waals surface area contributed by atoms with Crippen LogP contribution in [0.15, 0.2) is 30.5 Å². The summed E-state index contributed by atoms with van der Waals surface area (Å²) >= 11 is 0. The average Bonchev–Trinajstić information content (AvgIpc) is 2.76. The van der Waals surface area contributed by atoms with Crippen LogP contribution in [-0.2, 0) is 7.05 Å². The summed E-state index contributed by atoms with van der Waals surface area (Å²) in [7, 11) is -0.554. The van der Waals surface area contributed by atoms with Crippen LogP contribution in [0.3, 0.4) is 0 Å². The maximum absolute atomic E-state index is 13.9. The van der Waals surface area contributed by atoms with E-state index < -0.39 is 19.9 Å². The fraction of sp³-hybridized carbons (Fsp3) is 0.412. The number of nitrogens with zero attached hydrogens (tertiary/aromatic N) is 2. The highest BCUT2D eigenvalue weighted by Gasteiger charge is 2.39. The molecule has 1 aromatic carbocycles. The molecule has 4 nitrogen and oxygen atoms in total. The second-order valence-corrected chi connectivity index (χ2v) is 11.9. The van der Waals surface area contributed by atoms with Gasteiger partial charge in [-0.2, -0.15) is 5.10 Å². The van der Waals surface area contributed by atoms with Crippen LogP contribution in [0, 0.1) is 5.82 Å². The van der Waals surface area contributed by atoms with Gasteiger partial charge in [-0.15, -0.1) is 0 Å². The van der Waals surface area contributed by atoms with Gasteiger partial charge in [-0.1, -0.05) is 32.9 Å². The zero-order valence-electron chi connectivity index (χ0n) is 14.5. The lowest BCUT2D eigenvalue weighted by atomic mass is 10.1. The third kappa shape index (κ3) is 3.37. The van der Waals surface area contributed by atoms with Gasteiger partial charge in [0.05, 0.1) is 11.8 Å². The molecular weight excluding hydrogens is 311 g/mol. The molecule has 0 aliphatic carbocycles. The van der Waals surface area contributed by atoms with Gasteiger partial charge in [-0.25, -0.2) is 4.39 Å². The second kappa shape index (κ2) is 5.92. The van der Waals surface area contributed by atoms with Crippen molar-refractivity contribution >= 4 is 14.1 Å². The molecule has 0 spiro atoms. The number of para-hydroxylation sites is 1. The first-order chi connectivity index (χ1) is 10.5. The Bertz CT molecular complexity index is 713. The Hall–Kier alpha value is -1.95. The topological polar surface area (TPSA) is 44.1 Å². The first-order valence-electron chi connectivity index (χ1n) is 7.55. The highest BCUT2D eigenvalue weighted by Crippen LogP contribution is 2.38. The molecule has 23 heavy (non-hydrogen) atoms. The Morgan fingerprint density at radius 1 is 1.26 bits per heavy atom. The number of ketones is 1. The Morgan fingerprint density at radius 3 is 2.39 bits per heavy atom. The highest BCUT2D eigenvalue weighted by molar-refractivity contribution is 6.74. The van der Waals surface area contributed by atoms with Crippen molar-refractivity contribution in [3.8, 4) is 5.75 Å². The number of carbonyl (C=O) groups is 1. The van der Waals surface area contributed by atoms with Crippen molar-refractivity contribution < 1.29 is 13.6 Å². The van der Waals surface area contributed by atoms with Gasteiger partial charge in [0, 0.05) is 7.05 Å². The van der Waals surface area contributed by atoms with E-state index in [1.54, 1.807) is 25.2 Å². The number of benzene rings is 1. The van der Waals surface area contributed by atoms with E-state index in [0.717, 1.165) is 6.20 Å². The lowest BCUT2D eigenvalue weighted by Crippen LogP contribution is -2.44. The molecule has 0 aliphatic rings. The molecule has 0 aliphatic heterocycles. The minimum absolute atomic E-state index is 0.000931. The van der Waals surface area contributed by atoms with Crippen molar-refractivity contribution in [2.24, 2.45) is 7.05 Å². The molecular formula is C17H23FN2O2Si. The molecule has 0 bridgehead atoms. The predicted octanol–water partition coefficient (Wildman–Crippen LogP) is 4.17. The van der Waals surface area contributed by atoms with Gasteiger partial charge in [-0.05, 0) is 30.3 Å². The van der Waals surface area contributed by atoms with Gasteiger partial charge >= 0.3 is 0 Å². The smallest absolute Gasteiger partial charge is 0.250 e. The average molecular weight is 334 g/mol. The highest BCUT2D eigenvalue weighted by atomic mass is 28.4. The summed E-state index contributed by atoms with van der Waals surface area (Å²) in [6, 6.07) is 7.00. The summed E-state index contributed by atoms with van der Waals surface area (Å²) in [5, 5.41) is 3.80. The molecule has 0 fully saturated rings. The van der Waals surface area contributed by atoms with Gasteiger partial charge < -0.3 is 4.43 Å². The van der Waals surface area contributed by atoms with Crippen molar-refractivity contribution in [3.05, 3.63) is 47.5 Å². The molecule has 124 valence electrons. The summed E-state index contributed by atoms with van der Waals surface area (Å²) in [6.07, 6.45) is 1.05. The summed E-state index contributed by atoms with van der Waals surface area (Å²) in [5.74, 6) is -0.541. The van der Waals surface area contributed by atoms with Crippen LogP contribution in [0.25, 0.3) is 0 Å². The fourth-order valence-electron chi connectivity index (χ4n) is 1.96. The van der Waals surface area contributed by atoms with Gasteiger partial charge in [0.25, 0.3) is 8.32 Å². The van der Waals surface area contributed by atoms with Crippen LogP contribution in [0.2, 0.25) is 18.1 Å².